The summed E-state index contributed by atoms with van der Waals surface area (Å²) < 4.78 is 0. The molecule has 1 amide bonds. The fourth-order valence-corrected chi connectivity index (χ4v) is 2.55. The maximum atomic E-state index is 12.4. The van der Waals surface area contributed by atoms with Crippen molar-refractivity contribution in [1.82, 2.24) is 4.90 Å². The fraction of sp³-hybridized carbons (Fsp3) is 0.500. The lowest BCUT2D eigenvalue weighted by molar-refractivity contribution is 0.0777. The molecular formula is C14H20Cl2N2O. The highest BCUT2D eigenvalue weighted by molar-refractivity contribution is 6.34. The number of aryl methyl sites for hydroxylation is 1. The van der Waals surface area contributed by atoms with Crippen molar-refractivity contribution in [3.63, 3.8) is 0 Å². The average Bonchev–Trinajstić information content (AvgIpc) is 2.75. The Hall–Kier alpha value is -0.770. The van der Waals surface area contributed by atoms with Crippen molar-refractivity contribution in [2.75, 3.05) is 19.6 Å². The number of amides is 1. The Morgan fingerprint density at radius 3 is 2.79 bits per heavy atom. The van der Waals surface area contributed by atoms with Gasteiger partial charge in [0, 0.05) is 13.1 Å². The van der Waals surface area contributed by atoms with Crippen molar-refractivity contribution in [3.8, 4) is 0 Å². The number of carbonyl (C=O) groups is 1. The summed E-state index contributed by atoms with van der Waals surface area (Å²) in [4.78, 5) is 14.3. The lowest BCUT2D eigenvalue weighted by Crippen LogP contribution is -2.34. The van der Waals surface area contributed by atoms with Gasteiger partial charge in [-0.15, -0.1) is 12.4 Å². The van der Waals surface area contributed by atoms with Gasteiger partial charge in [-0.1, -0.05) is 30.7 Å². The first kappa shape index (κ1) is 16.3. The second-order valence-corrected chi connectivity index (χ2v) is 5.81. The number of likely N-dealkylation sites (tertiary alicyclic amines) is 1. The number of hydrogen-bond donors (Lipinski definition) is 1. The topological polar surface area (TPSA) is 46.3 Å². The van der Waals surface area contributed by atoms with Gasteiger partial charge in [0.1, 0.15) is 0 Å². The maximum absolute atomic E-state index is 12.4. The third kappa shape index (κ3) is 3.22. The molecule has 1 atom stereocenters. The van der Waals surface area contributed by atoms with E-state index in [9.17, 15) is 4.79 Å². The quantitative estimate of drug-likeness (QED) is 0.913. The Labute approximate surface area is 125 Å². The van der Waals surface area contributed by atoms with E-state index in [1.54, 1.807) is 6.07 Å². The molecule has 1 aromatic rings. The summed E-state index contributed by atoms with van der Waals surface area (Å²) in [5.41, 5.74) is 7.34. The summed E-state index contributed by atoms with van der Waals surface area (Å²) in [5, 5.41) is 0.559. The molecule has 1 fully saturated rings. The molecule has 2 rings (SSSR count). The number of rotatable bonds is 2. The van der Waals surface area contributed by atoms with E-state index in [1.165, 1.54) is 0 Å². The number of carbonyl (C=O) groups excluding carboxylic acids is 1. The Kier molecular flexibility index (Phi) is 5.25. The first-order valence-corrected chi connectivity index (χ1v) is 6.59. The molecule has 1 saturated heterocycles. The number of halogens is 2. The minimum atomic E-state index is 0. The monoisotopic (exact) mass is 302 g/mol. The summed E-state index contributed by atoms with van der Waals surface area (Å²) in [6.45, 7) is 6.12. The van der Waals surface area contributed by atoms with Crippen LogP contribution in [-0.2, 0) is 0 Å². The SMILES string of the molecule is Cc1cccc(C(=O)N2CCC(C)(CN)C2)c1Cl.Cl. The predicted octanol–water partition coefficient (Wildman–Crippen LogP) is 2.88. The molecule has 1 aliphatic heterocycles. The van der Waals surface area contributed by atoms with Gasteiger partial charge >= 0.3 is 0 Å². The molecule has 0 aliphatic carbocycles. The number of hydrogen-bond acceptors (Lipinski definition) is 2. The number of benzene rings is 1. The van der Waals surface area contributed by atoms with Crippen molar-refractivity contribution < 1.29 is 4.79 Å². The maximum Gasteiger partial charge on any atom is 0.255 e. The highest BCUT2D eigenvalue weighted by atomic mass is 35.5. The number of nitrogens with two attached hydrogens (primary N) is 1. The molecule has 1 aromatic carbocycles. The lowest BCUT2D eigenvalue weighted by atomic mass is 9.90. The van der Waals surface area contributed by atoms with Crippen LogP contribution in [0.1, 0.15) is 29.3 Å². The third-order valence-electron chi connectivity index (χ3n) is 3.76. The van der Waals surface area contributed by atoms with E-state index in [4.69, 9.17) is 17.3 Å². The lowest BCUT2D eigenvalue weighted by Gasteiger charge is -2.23. The van der Waals surface area contributed by atoms with Crippen LogP contribution < -0.4 is 5.73 Å². The molecule has 106 valence electrons. The molecule has 0 radical (unpaired) electrons. The standard InChI is InChI=1S/C14H19ClN2O.ClH/c1-10-4-3-5-11(12(10)15)13(18)17-7-6-14(2,8-16)9-17;/h3-5H,6-9,16H2,1-2H3;1H. The molecule has 1 aliphatic rings. The fourth-order valence-electron chi connectivity index (χ4n) is 2.35. The highest BCUT2D eigenvalue weighted by Crippen LogP contribution is 2.31. The van der Waals surface area contributed by atoms with E-state index in [0.717, 1.165) is 18.5 Å². The molecule has 0 bridgehead atoms. The molecule has 2 N–H and O–H groups in total. The van der Waals surface area contributed by atoms with Crippen molar-refractivity contribution >= 4 is 29.9 Å². The van der Waals surface area contributed by atoms with Crippen LogP contribution >= 0.6 is 24.0 Å². The third-order valence-corrected chi connectivity index (χ3v) is 4.26. The zero-order valence-electron chi connectivity index (χ0n) is 11.3. The Morgan fingerprint density at radius 1 is 1.53 bits per heavy atom. The van der Waals surface area contributed by atoms with E-state index < -0.39 is 0 Å². The average molecular weight is 303 g/mol. The highest BCUT2D eigenvalue weighted by Gasteiger charge is 2.35. The van der Waals surface area contributed by atoms with Gasteiger partial charge < -0.3 is 10.6 Å². The van der Waals surface area contributed by atoms with Crippen LogP contribution in [0.3, 0.4) is 0 Å². The van der Waals surface area contributed by atoms with E-state index in [1.807, 2.05) is 24.0 Å². The summed E-state index contributed by atoms with van der Waals surface area (Å²) in [7, 11) is 0. The van der Waals surface area contributed by atoms with Gasteiger partial charge in [0.25, 0.3) is 5.91 Å². The van der Waals surface area contributed by atoms with Crippen LogP contribution in [0.25, 0.3) is 0 Å². The van der Waals surface area contributed by atoms with Crippen molar-refractivity contribution in [3.05, 3.63) is 34.3 Å². The molecule has 1 heterocycles. The smallest absolute Gasteiger partial charge is 0.255 e. The Morgan fingerprint density at radius 2 is 2.21 bits per heavy atom. The molecule has 0 spiro atoms. The molecule has 3 nitrogen and oxygen atoms in total. The minimum absolute atomic E-state index is 0. The van der Waals surface area contributed by atoms with Gasteiger partial charge in [0.15, 0.2) is 0 Å². The number of nitrogens with zero attached hydrogens (tertiary/aromatic N) is 1. The Bertz CT molecular complexity index is 479. The predicted molar refractivity (Wildman–Crippen MR) is 81.1 cm³/mol. The van der Waals surface area contributed by atoms with Crippen LogP contribution in [0.4, 0.5) is 0 Å². The molecule has 19 heavy (non-hydrogen) atoms. The van der Waals surface area contributed by atoms with Crippen molar-refractivity contribution in [2.24, 2.45) is 11.1 Å². The van der Waals surface area contributed by atoms with E-state index >= 15 is 0 Å². The van der Waals surface area contributed by atoms with Gasteiger partial charge in [-0.3, -0.25) is 4.79 Å². The second kappa shape index (κ2) is 6.12. The largest absolute Gasteiger partial charge is 0.338 e. The molecular weight excluding hydrogens is 283 g/mol. The summed E-state index contributed by atoms with van der Waals surface area (Å²) in [6.07, 6.45) is 0.957. The van der Waals surface area contributed by atoms with Crippen LogP contribution in [0.2, 0.25) is 5.02 Å². The minimum Gasteiger partial charge on any atom is -0.338 e. The molecule has 0 aromatic heterocycles. The molecule has 5 heteroatoms. The second-order valence-electron chi connectivity index (χ2n) is 5.43. The zero-order chi connectivity index (χ0) is 13.3. The van der Waals surface area contributed by atoms with Crippen LogP contribution in [0, 0.1) is 12.3 Å². The first-order valence-electron chi connectivity index (χ1n) is 6.21. The first-order chi connectivity index (χ1) is 8.47. The van der Waals surface area contributed by atoms with E-state index in [-0.39, 0.29) is 23.7 Å². The van der Waals surface area contributed by atoms with Gasteiger partial charge in [-0.05, 0) is 36.9 Å². The zero-order valence-corrected chi connectivity index (χ0v) is 12.9. The van der Waals surface area contributed by atoms with Crippen molar-refractivity contribution in [2.45, 2.75) is 20.3 Å². The van der Waals surface area contributed by atoms with Crippen LogP contribution in [0.15, 0.2) is 18.2 Å². The van der Waals surface area contributed by atoms with Crippen LogP contribution in [0.5, 0.6) is 0 Å². The normalized spacial score (nSPS) is 22.2. The summed E-state index contributed by atoms with van der Waals surface area (Å²) >= 11 is 6.20. The van der Waals surface area contributed by atoms with E-state index in [0.29, 0.717) is 23.7 Å². The van der Waals surface area contributed by atoms with Crippen LogP contribution in [-0.4, -0.2) is 30.4 Å². The molecule has 1 unspecified atom stereocenters. The van der Waals surface area contributed by atoms with Crippen molar-refractivity contribution in [1.29, 1.82) is 0 Å². The van der Waals surface area contributed by atoms with Gasteiger partial charge in [0.05, 0.1) is 10.6 Å². The van der Waals surface area contributed by atoms with E-state index in [2.05, 4.69) is 6.92 Å². The van der Waals surface area contributed by atoms with Gasteiger partial charge in [-0.25, -0.2) is 0 Å². The Balaban J connectivity index is 0.00000180. The summed E-state index contributed by atoms with van der Waals surface area (Å²) in [6, 6.07) is 5.56. The van der Waals surface area contributed by atoms with Gasteiger partial charge in [-0.2, -0.15) is 0 Å². The van der Waals surface area contributed by atoms with Gasteiger partial charge in [0.2, 0.25) is 0 Å². The summed E-state index contributed by atoms with van der Waals surface area (Å²) in [5.74, 6) is 0.0147. The molecule has 0 saturated carbocycles.